The lowest BCUT2D eigenvalue weighted by atomic mass is 10.1. The number of anilines is 1. The normalized spacial score (nSPS) is 11.6. The highest BCUT2D eigenvalue weighted by Gasteiger charge is 2.17. The molecular weight excluding hydrogens is 536 g/mol. The molecule has 0 saturated heterocycles. The lowest BCUT2D eigenvalue weighted by Gasteiger charge is -2.10. The van der Waals surface area contributed by atoms with Crippen LogP contribution >= 0.6 is 15.9 Å². The van der Waals surface area contributed by atoms with Gasteiger partial charge in [-0.1, -0.05) is 22.0 Å². The van der Waals surface area contributed by atoms with E-state index in [1.807, 2.05) is 54.8 Å². The molecule has 3 N–H and O–H groups in total. The summed E-state index contributed by atoms with van der Waals surface area (Å²) < 4.78 is 30.8. The smallest absolute Gasteiger partial charge is 0.349 e. The van der Waals surface area contributed by atoms with E-state index in [0.717, 1.165) is 21.5 Å². The van der Waals surface area contributed by atoms with Gasteiger partial charge in [-0.15, -0.1) is 0 Å². The zero-order valence-electron chi connectivity index (χ0n) is 18.8. The van der Waals surface area contributed by atoms with E-state index in [-0.39, 0.29) is 16.2 Å². The van der Waals surface area contributed by atoms with Crippen LogP contribution in [0.5, 0.6) is 0 Å². The first-order chi connectivity index (χ1) is 16.5. The maximum atomic E-state index is 12.4. The number of carbonyl (C=O) groups is 2. The molecule has 180 valence electrons. The molecule has 2 aromatic carbocycles. The Morgan fingerprint density at radius 3 is 2.49 bits per heavy atom. The monoisotopic (exact) mass is 556 g/mol. The van der Waals surface area contributed by atoms with Crippen molar-refractivity contribution in [3.05, 3.63) is 81.6 Å². The van der Waals surface area contributed by atoms with Gasteiger partial charge in [0.05, 0.1) is 4.90 Å². The molecular formula is C24H21BrN4O5S. The maximum absolute atomic E-state index is 12.4. The third-order valence-electron chi connectivity index (χ3n) is 4.98. The molecule has 0 aliphatic carbocycles. The van der Waals surface area contributed by atoms with E-state index in [4.69, 9.17) is 9.88 Å². The molecule has 0 aliphatic heterocycles. The van der Waals surface area contributed by atoms with E-state index in [0.29, 0.717) is 5.56 Å². The van der Waals surface area contributed by atoms with Crippen molar-refractivity contribution in [3.63, 3.8) is 0 Å². The van der Waals surface area contributed by atoms with Crippen LogP contribution in [0.1, 0.15) is 17.0 Å². The SMILES string of the molecule is Cc1cc(C=C(C#N)C(=O)OCC(=O)Nc2cccc(S(N)(=O)=O)c2)c(C)n1-c1ccc(Br)cc1. The molecule has 0 radical (unpaired) electrons. The molecule has 0 fully saturated rings. The van der Waals surface area contributed by atoms with E-state index in [1.54, 1.807) is 0 Å². The number of hydrogen-bond acceptors (Lipinski definition) is 6. The van der Waals surface area contributed by atoms with Gasteiger partial charge in [0.25, 0.3) is 5.91 Å². The van der Waals surface area contributed by atoms with E-state index < -0.39 is 28.5 Å². The van der Waals surface area contributed by atoms with Crippen LogP contribution in [0.15, 0.2) is 69.5 Å². The second kappa shape index (κ2) is 10.7. The number of esters is 1. The number of nitrogens with one attached hydrogen (secondary N) is 1. The number of nitriles is 1. The summed E-state index contributed by atoms with van der Waals surface area (Å²) in [6, 6.07) is 16.7. The largest absolute Gasteiger partial charge is 0.451 e. The summed E-state index contributed by atoms with van der Waals surface area (Å²) in [5.74, 6) is -1.68. The third kappa shape index (κ3) is 6.45. The Hall–Kier alpha value is -3.72. The summed E-state index contributed by atoms with van der Waals surface area (Å²) in [5, 5.41) is 17.0. The molecule has 35 heavy (non-hydrogen) atoms. The topological polar surface area (TPSA) is 144 Å². The molecule has 1 amide bonds. The van der Waals surface area contributed by atoms with Crippen molar-refractivity contribution < 1.29 is 22.7 Å². The van der Waals surface area contributed by atoms with Gasteiger partial charge in [-0.2, -0.15) is 5.26 Å². The van der Waals surface area contributed by atoms with Gasteiger partial charge in [-0.05, 0) is 74.0 Å². The molecule has 1 aromatic heterocycles. The van der Waals surface area contributed by atoms with E-state index in [9.17, 15) is 23.3 Å². The van der Waals surface area contributed by atoms with Crippen molar-refractivity contribution in [2.45, 2.75) is 18.7 Å². The zero-order valence-corrected chi connectivity index (χ0v) is 21.2. The lowest BCUT2D eigenvalue weighted by Crippen LogP contribution is -2.21. The van der Waals surface area contributed by atoms with Crippen LogP contribution in [0.2, 0.25) is 0 Å². The van der Waals surface area contributed by atoms with Crippen LogP contribution in [0, 0.1) is 25.2 Å². The number of primary sulfonamides is 1. The Morgan fingerprint density at radius 2 is 1.86 bits per heavy atom. The summed E-state index contributed by atoms with van der Waals surface area (Å²) in [6.07, 6.45) is 1.41. The number of halogens is 1. The number of nitrogens with two attached hydrogens (primary N) is 1. The van der Waals surface area contributed by atoms with E-state index in [2.05, 4.69) is 21.2 Å². The van der Waals surface area contributed by atoms with Crippen LogP contribution in [0.25, 0.3) is 11.8 Å². The number of sulfonamides is 1. The maximum Gasteiger partial charge on any atom is 0.349 e. The second-order valence-corrected chi connectivity index (χ2v) is 9.98. The van der Waals surface area contributed by atoms with Gasteiger partial charge in [0.2, 0.25) is 10.0 Å². The average molecular weight is 557 g/mol. The molecule has 3 rings (SSSR count). The Morgan fingerprint density at radius 1 is 1.17 bits per heavy atom. The first-order valence-electron chi connectivity index (χ1n) is 10.2. The van der Waals surface area contributed by atoms with Gasteiger partial charge in [0.1, 0.15) is 11.6 Å². The number of carbonyl (C=O) groups excluding carboxylic acids is 2. The number of ether oxygens (including phenoxy) is 1. The molecule has 0 atom stereocenters. The number of aryl methyl sites for hydroxylation is 1. The highest BCUT2D eigenvalue weighted by atomic mass is 79.9. The Bertz CT molecular complexity index is 1470. The number of amides is 1. The molecule has 0 bridgehead atoms. The minimum Gasteiger partial charge on any atom is -0.451 e. The van der Waals surface area contributed by atoms with Crippen molar-refractivity contribution in [2.75, 3.05) is 11.9 Å². The molecule has 0 spiro atoms. The number of aromatic nitrogens is 1. The molecule has 1 heterocycles. The summed E-state index contributed by atoms with van der Waals surface area (Å²) >= 11 is 3.41. The fourth-order valence-corrected chi connectivity index (χ4v) is 4.19. The first-order valence-corrected chi connectivity index (χ1v) is 12.5. The number of nitrogens with zero attached hydrogens (tertiary/aromatic N) is 2. The molecule has 3 aromatic rings. The highest BCUT2D eigenvalue weighted by Crippen LogP contribution is 2.24. The van der Waals surface area contributed by atoms with Gasteiger partial charge in [-0.25, -0.2) is 18.4 Å². The number of benzene rings is 2. The van der Waals surface area contributed by atoms with Crippen molar-refractivity contribution in [1.82, 2.24) is 4.57 Å². The molecule has 9 nitrogen and oxygen atoms in total. The summed E-state index contributed by atoms with van der Waals surface area (Å²) in [5.41, 5.74) is 3.19. The Kier molecular flexibility index (Phi) is 7.91. The zero-order chi connectivity index (χ0) is 25.8. The van der Waals surface area contributed by atoms with Crippen LogP contribution in [0.4, 0.5) is 5.69 Å². The predicted octanol–water partition coefficient (Wildman–Crippen LogP) is 3.59. The number of hydrogen-bond donors (Lipinski definition) is 2. The van der Waals surface area contributed by atoms with Gasteiger partial charge >= 0.3 is 5.97 Å². The summed E-state index contributed by atoms with van der Waals surface area (Å²) in [6.45, 7) is 3.10. The van der Waals surface area contributed by atoms with Crippen LogP contribution < -0.4 is 10.5 Å². The molecule has 11 heteroatoms. The van der Waals surface area contributed by atoms with E-state index in [1.165, 1.54) is 30.3 Å². The van der Waals surface area contributed by atoms with Gasteiger partial charge in [-0.3, -0.25) is 4.79 Å². The second-order valence-electron chi connectivity index (χ2n) is 7.51. The third-order valence-corrected chi connectivity index (χ3v) is 6.42. The minimum absolute atomic E-state index is 0.161. The highest BCUT2D eigenvalue weighted by molar-refractivity contribution is 9.10. The molecule has 0 saturated carbocycles. The van der Waals surface area contributed by atoms with Gasteiger partial charge in [0.15, 0.2) is 6.61 Å². The number of rotatable bonds is 7. The van der Waals surface area contributed by atoms with Gasteiger partial charge in [0, 0.05) is 27.2 Å². The van der Waals surface area contributed by atoms with Crippen molar-refractivity contribution in [3.8, 4) is 11.8 Å². The van der Waals surface area contributed by atoms with Crippen molar-refractivity contribution in [1.29, 1.82) is 5.26 Å². The van der Waals surface area contributed by atoms with E-state index >= 15 is 0 Å². The molecule has 0 unspecified atom stereocenters. The van der Waals surface area contributed by atoms with Gasteiger partial charge < -0.3 is 14.6 Å². The summed E-state index contributed by atoms with van der Waals surface area (Å²) in [4.78, 5) is 24.4. The molecule has 0 aliphatic rings. The van der Waals surface area contributed by atoms with Crippen LogP contribution in [-0.2, 0) is 24.3 Å². The predicted molar refractivity (Wildman–Crippen MR) is 134 cm³/mol. The first kappa shape index (κ1) is 25.9. The lowest BCUT2D eigenvalue weighted by molar-refractivity contribution is -0.142. The fraction of sp³-hybridized carbons (Fsp3) is 0.125. The summed E-state index contributed by atoms with van der Waals surface area (Å²) in [7, 11) is -3.94. The fourth-order valence-electron chi connectivity index (χ4n) is 3.37. The average Bonchev–Trinajstić information content (AvgIpc) is 3.08. The Balaban J connectivity index is 1.71. The minimum atomic E-state index is -3.94. The quantitative estimate of drug-likeness (QED) is 0.258. The standard InChI is InChI=1S/C24H21BrN4O5S/c1-15-10-17(16(2)29(15)21-8-6-19(25)7-9-21)11-18(13-26)24(31)34-14-23(30)28-20-4-3-5-22(12-20)35(27,32)33/h3-12H,14H2,1-2H3,(H,28,30)(H2,27,32,33). The van der Waals surface area contributed by atoms with Crippen molar-refractivity contribution in [2.24, 2.45) is 5.14 Å². The van der Waals surface area contributed by atoms with Crippen LogP contribution in [0.3, 0.4) is 0 Å². The van der Waals surface area contributed by atoms with Crippen LogP contribution in [-0.4, -0.2) is 31.5 Å². The van der Waals surface area contributed by atoms with Crippen molar-refractivity contribution >= 4 is 49.6 Å². The Labute approximate surface area is 211 Å².